The van der Waals surface area contributed by atoms with Crippen molar-refractivity contribution in [3.63, 3.8) is 0 Å². The van der Waals surface area contributed by atoms with Crippen LogP contribution in [0.15, 0.2) is 18.6 Å². The Morgan fingerprint density at radius 1 is 1.47 bits per heavy atom. The number of carboxylic acid groups (broad SMARTS) is 1. The minimum atomic E-state index is -0.720. The molecule has 1 aliphatic heterocycles. The molecule has 4 N–H and O–H groups in total. The molecule has 1 fully saturated rings. The number of hydrogen-bond donors (Lipinski definition) is 3. The largest absolute Gasteiger partial charge is 0.480 e. The molecule has 1 unspecified atom stereocenters. The van der Waals surface area contributed by atoms with Crippen LogP contribution in [-0.2, 0) is 4.79 Å². The molecule has 0 aromatic carbocycles. The van der Waals surface area contributed by atoms with Gasteiger partial charge in [-0.1, -0.05) is 0 Å². The zero-order valence-electron chi connectivity index (χ0n) is 9.17. The van der Waals surface area contributed by atoms with E-state index in [0.29, 0.717) is 0 Å². The molecule has 1 atom stereocenters. The first kappa shape index (κ1) is 13.0. The minimum absolute atomic E-state index is 0.192. The number of nitrogens with zero attached hydrogens (tertiary/aromatic N) is 2. The summed E-state index contributed by atoms with van der Waals surface area (Å²) in [6.45, 7) is 0.858. The third-order valence-electron chi connectivity index (χ3n) is 2.17. The van der Waals surface area contributed by atoms with E-state index in [-0.39, 0.29) is 11.7 Å². The highest BCUT2D eigenvalue weighted by Crippen LogP contribution is 2.03. The predicted molar refractivity (Wildman–Crippen MR) is 59.2 cm³/mol. The van der Waals surface area contributed by atoms with Crippen LogP contribution in [0.25, 0.3) is 0 Å². The van der Waals surface area contributed by atoms with Gasteiger partial charge in [0.1, 0.15) is 11.7 Å². The van der Waals surface area contributed by atoms with E-state index in [1.165, 1.54) is 18.6 Å². The second-order valence-electron chi connectivity index (χ2n) is 3.44. The van der Waals surface area contributed by atoms with E-state index >= 15 is 0 Å². The summed E-state index contributed by atoms with van der Waals surface area (Å²) in [4.78, 5) is 27.7. The van der Waals surface area contributed by atoms with Crippen LogP contribution in [0.5, 0.6) is 0 Å². The number of carbonyl (C=O) groups is 2. The van der Waals surface area contributed by atoms with Crippen molar-refractivity contribution in [1.82, 2.24) is 15.3 Å². The molecular formula is C10H14N4O3. The molecule has 1 aromatic rings. The van der Waals surface area contributed by atoms with Crippen LogP contribution in [0.3, 0.4) is 0 Å². The molecule has 2 heterocycles. The Hall–Kier alpha value is -2.02. The van der Waals surface area contributed by atoms with E-state index in [4.69, 9.17) is 10.8 Å². The van der Waals surface area contributed by atoms with Gasteiger partial charge in [-0.15, -0.1) is 0 Å². The van der Waals surface area contributed by atoms with Crippen molar-refractivity contribution in [2.75, 3.05) is 6.54 Å². The lowest BCUT2D eigenvalue weighted by Gasteiger charge is -1.99. The third-order valence-corrected chi connectivity index (χ3v) is 2.17. The summed E-state index contributed by atoms with van der Waals surface area (Å²) in [6.07, 6.45) is 6.00. The first-order valence-electron chi connectivity index (χ1n) is 5.13. The quantitative estimate of drug-likeness (QED) is 0.633. The Morgan fingerprint density at radius 2 is 2.24 bits per heavy atom. The lowest BCUT2D eigenvalue weighted by Crippen LogP contribution is -2.29. The number of carboxylic acids is 1. The lowest BCUT2D eigenvalue weighted by atomic mass is 10.2. The Balaban J connectivity index is 0.000000171. The maximum Gasteiger partial charge on any atom is 0.320 e. The van der Waals surface area contributed by atoms with Gasteiger partial charge >= 0.3 is 5.97 Å². The average molecular weight is 238 g/mol. The first-order chi connectivity index (χ1) is 8.11. The van der Waals surface area contributed by atoms with E-state index in [0.717, 1.165) is 19.4 Å². The summed E-state index contributed by atoms with van der Waals surface area (Å²) in [5.74, 6) is -1.27. The van der Waals surface area contributed by atoms with Crippen molar-refractivity contribution < 1.29 is 14.7 Å². The number of aliphatic carboxylic acids is 1. The zero-order chi connectivity index (χ0) is 12.7. The van der Waals surface area contributed by atoms with Crippen LogP contribution in [0.1, 0.15) is 23.3 Å². The second-order valence-corrected chi connectivity index (χ2v) is 3.44. The van der Waals surface area contributed by atoms with Gasteiger partial charge in [0.05, 0.1) is 6.20 Å². The number of amides is 1. The number of nitrogens with one attached hydrogen (secondary N) is 1. The van der Waals surface area contributed by atoms with Crippen molar-refractivity contribution in [2.24, 2.45) is 5.73 Å². The molecule has 0 aliphatic carbocycles. The van der Waals surface area contributed by atoms with Gasteiger partial charge in [0.15, 0.2) is 0 Å². The maximum absolute atomic E-state index is 10.3. The second kappa shape index (κ2) is 6.54. The Labute approximate surface area is 98.1 Å². The summed E-state index contributed by atoms with van der Waals surface area (Å²) in [7, 11) is 0. The SMILES string of the molecule is NC(=O)c1cnccn1.O=C(O)C1CCCN1. The van der Waals surface area contributed by atoms with E-state index in [1.807, 2.05) is 0 Å². The molecule has 0 bridgehead atoms. The number of primary amides is 1. The molecule has 1 saturated heterocycles. The van der Waals surface area contributed by atoms with Gasteiger partial charge in [-0.2, -0.15) is 0 Å². The average Bonchev–Trinajstić information content (AvgIpc) is 2.84. The molecule has 7 nitrogen and oxygen atoms in total. The van der Waals surface area contributed by atoms with Crippen molar-refractivity contribution >= 4 is 11.9 Å². The molecule has 1 aliphatic rings. The fourth-order valence-corrected chi connectivity index (χ4v) is 1.32. The van der Waals surface area contributed by atoms with E-state index in [9.17, 15) is 9.59 Å². The van der Waals surface area contributed by atoms with E-state index in [1.54, 1.807) is 0 Å². The number of nitrogens with two attached hydrogens (primary N) is 1. The van der Waals surface area contributed by atoms with Gasteiger partial charge in [0.25, 0.3) is 5.91 Å². The van der Waals surface area contributed by atoms with Crippen molar-refractivity contribution in [1.29, 1.82) is 0 Å². The van der Waals surface area contributed by atoms with Crippen LogP contribution in [0.2, 0.25) is 0 Å². The van der Waals surface area contributed by atoms with Crippen molar-refractivity contribution in [2.45, 2.75) is 18.9 Å². The number of hydrogen-bond acceptors (Lipinski definition) is 5. The summed E-state index contributed by atoms with van der Waals surface area (Å²) >= 11 is 0. The molecule has 17 heavy (non-hydrogen) atoms. The van der Waals surface area contributed by atoms with Gasteiger partial charge < -0.3 is 16.2 Å². The molecule has 1 amide bonds. The Morgan fingerprint density at radius 3 is 2.53 bits per heavy atom. The standard InChI is InChI=1S/C5H5N3O.C5H9NO2/c6-5(9)4-3-7-1-2-8-4;7-5(8)4-2-1-3-6-4/h1-3H,(H2,6,9);4,6H,1-3H2,(H,7,8). The minimum Gasteiger partial charge on any atom is -0.480 e. The molecule has 1 aromatic heterocycles. The van der Waals surface area contributed by atoms with E-state index in [2.05, 4.69) is 15.3 Å². The predicted octanol–water partition coefficient (Wildman–Crippen LogP) is -0.601. The highest BCUT2D eigenvalue weighted by molar-refractivity contribution is 5.90. The zero-order valence-corrected chi connectivity index (χ0v) is 9.17. The number of carbonyl (C=O) groups excluding carboxylic acids is 1. The van der Waals surface area contributed by atoms with Gasteiger partial charge in [-0.05, 0) is 19.4 Å². The molecule has 92 valence electrons. The molecule has 0 spiro atoms. The molecule has 2 rings (SSSR count). The maximum atomic E-state index is 10.3. The highest BCUT2D eigenvalue weighted by atomic mass is 16.4. The normalized spacial score (nSPS) is 18.0. The van der Waals surface area contributed by atoms with Gasteiger partial charge in [0.2, 0.25) is 0 Å². The Bertz CT molecular complexity index is 376. The number of aromatic nitrogens is 2. The van der Waals surface area contributed by atoms with Crippen LogP contribution in [0, 0.1) is 0 Å². The monoisotopic (exact) mass is 238 g/mol. The summed E-state index contributed by atoms with van der Waals surface area (Å²) in [5.41, 5.74) is 5.06. The third kappa shape index (κ3) is 4.56. The Kier molecular flexibility index (Phi) is 5.02. The first-order valence-corrected chi connectivity index (χ1v) is 5.13. The van der Waals surface area contributed by atoms with Crippen LogP contribution >= 0.6 is 0 Å². The van der Waals surface area contributed by atoms with Crippen LogP contribution in [0.4, 0.5) is 0 Å². The topological polar surface area (TPSA) is 118 Å². The summed E-state index contributed by atoms with van der Waals surface area (Å²) in [5, 5.41) is 11.2. The molecule has 0 radical (unpaired) electrons. The highest BCUT2D eigenvalue weighted by Gasteiger charge is 2.20. The molecule has 7 heteroatoms. The lowest BCUT2D eigenvalue weighted by molar-refractivity contribution is -0.139. The molecule has 0 saturated carbocycles. The van der Waals surface area contributed by atoms with Gasteiger partial charge in [-0.25, -0.2) is 4.98 Å². The van der Waals surface area contributed by atoms with Gasteiger partial charge in [-0.3, -0.25) is 14.6 Å². The molecular weight excluding hydrogens is 224 g/mol. The van der Waals surface area contributed by atoms with E-state index < -0.39 is 11.9 Å². The summed E-state index contributed by atoms with van der Waals surface area (Å²) < 4.78 is 0. The van der Waals surface area contributed by atoms with Crippen molar-refractivity contribution in [3.8, 4) is 0 Å². The fraction of sp³-hybridized carbons (Fsp3) is 0.400. The van der Waals surface area contributed by atoms with Gasteiger partial charge in [0, 0.05) is 12.4 Å². The fourth-order valence-electron chi connectivity index (χ4n) is 1.32. The van der Waals surface area contributed by atoms with Crippen LogP contribution < -0.4 is 11.1 Å². The summed E-state index contributed by atoms with van der Waals surface area (Å²) in [6, 6.07) is -0.269. The smallest absolute Gasteiger partial charge is 0.320 e. The number of rotatable bonds is 2. The van der Waals surface area contributed by atoms with Crippen LogP contribution in [-0.4, -0.2) is 39.5 Å². The van der Waals surface area contributed by atoms with Crippen molar-refractivity contribution in [3.05, 3.63) is 24.3 Å².